The van der Waals surface area contributed by atoms with Crippen LogP contribution in [-0.4, -0.2) is 0 Å². The van der Waals surface area contributed by atoms with Crippen molar-refractivity contribution >= 4 is 28.5 Å². The lowest BCUT2D eigenvalue weighted by molar-refractivity contribution is 0.661. The zero-order valence-electron chi connectivity index (χ0n) is 19.3. The summed E-state index contributed by atoms with van der Waals surface area (Å²) in [6.45, 7) is 17.3. The Morgan fingerprint density at radius 1 is 1.03 bits per heavy atom. The average Bonchev–Trinajstić information content (AvgIpc) is 2.93. The second-order valence-corrected chi connectivity index (χ2v) is 8.72. The fraction of sp³-hybridized carbons (Fsp3) is 0.267. The first-order valence-corrected chi connectivity index (χ1v) is 10.9. The van der Waals surface area contributed by atoms with E-state index in [0.29, 0.717) is 0 Å². The van der Waals surface area contributed by atoms with Gasteiger partial charge in [-0.05, 0) is 71.4 Å². The highest BCUT2D eigenvalue weighted by Crippen LogP contribution is 2.52. The minimum Gasteiger partial charge on any atom is -0.0984 e. The van der Waals surface area contributed by atoms with Crippen LogP contribution in [0.3, 0.4) is 0 Å². The molecule has 0 spiro atoms. The molecule has 0 aliphatic heterocycles. The third-order valence-electron chi connectivity index (χ3n) is 5.95. The van der Waals surface area contributed by atoms with Crippen LogP contribution in [0.1, 0.15) is 70.2 Å². The van der Waals surface area contributed by atoms with Crippen LogP contribution in [0.4, 0.5) is 0 Å². The van der Waals surface area contributed by atoms with Crippen molar-refractivity contribution in [3.63, 3.8) is 0 Å². The van der Waals surface area contributed by atoms with Gasteiger partial charge in [-0.1, -0.05) is 106 Å². The monoisotopic (exact) mass is 394 g/mol. The molecule has 0 N–H and O–H groups in total. The van der Waals surface area contributed by atoms with Crippen LogP contribution in [0.25, 0.3) is 28.5 Å². The molecule has 30 heavy (non-hydrogen) atoms. The quantitative estimate of drug-likeness (QED) is 0.474. The van der Waals surface area contributed by atoms with E-state index in [1.54, 1.807) is 0 Å². The van der Waals surface area contributed by atoms with Gasteiger partial charge in [-0.3, -0.25) is 0 Å². The molecule has 0 amide bonds. The van der Waals surface area contributed by atoms with Crippen LogP contribution in [0, 0.1) is 0 Å². The van der Waals surface area contributed by atoms with Gasteiger partial charge in [-0.2, -0.15) is 0 Å². The molecule has 2 aromatic carbocycles. The second kappa shape index (κ2) is 8.88. The Balaban J connectivity index is 2.42. The first kappa shape index (κ1) is 21.8. The fourth-order valence-corrected chi connectivity index (χ4v) is 4.45. The third-order valence-corrected chi connectivity index (χ3v) is 5.95. The minimum atomic E-state index is -0.0424. The number of fused-ring (bicyclic) bond motifs is 3. The van der Waals surface area contributed by atoms with E-state index >= 15 is 0 Å². The van der Waals surface area contributed by atoms with E-state index in [2.05, 4.69) is 115 Å². The summed E-state index contributed by atoms with van der Waals surface area (Å²) in [5.74, 6) is 0. The van der Waals surface area contributed by atoms with E-state index in [0.717, 1.165) is 6.42 Å². The summed E-state index contributed by atoms with van der Waals surface area (Å²) in [4.78, 5) is 0. The third kappa shape index (κ3) is 3.79. The summed E-state index contributed by atoms with van der Waals surface area (Å²) in [6.07, 6.45) is 18.6. The Morgan fingerprint density at radius 2 is 1.77 bits per heavy atom. The number of allylic oxidation sites excluding steroid dienone is 9. The molecule has 154 valence electrons. The van der Waals surface area contributed by atoms with Gasteiger partial charge in [0.15, 0.2) is 0 Å². The molecular formula is C30H34. The Kier molecular flexibility index (Phi) is 6.46. The van der Waals surface area contributed by atoms with Gasteiger partial charge in [0.2, 0.25) is 0 Å². The van der Waals surface area contributed by atoms with E-state index in [4.69, 9.17) is 0 Å². The van der Waals surface area contributed by atoms with Gasteiger partial charge < -0.3 is 0 Å². The zero-order chi connectivity index (χ0) is 21.9. The van der Waals surface area contributed by atoms with Crippen LogP contribution < -0.4 is 0 Å². The summed E-state index contributed by atoms with van der Waals surface area (Å²) in [6, 6.07) is 9.12. The standard InChI is InChI=1S/C30H34/c1-8-11-12-14-27-26(17-15-21(4)5)29-25-18-16-22(13-9-2)23(10-3)24(25)19-20-28(29)30(27,6)7/h9-20H,3,8H2,1-2,4-7H3/b12-11+,13-9-,26-17-,27-14+. The number of hydrogen-bond acceptors (Lipinski definition) is 0. The zero-order valence-corrected chi connectivity index (χ0v) is 19.3. The van der Waals surface area contributed by atoms with Gasteiger partial charge >= 0.3 is 0 Å². The Morgan fingerprint density at radius 3 is 2.40 bits per heavy atom. The predicted octanol–water partition coefficient (Wildman–Crippen LogP) is 9.05. The van der Waals surface area contributed by atoms with Crippen molar-refractivity contribution in [3.05, 3.63) is 101 Å². The van der Waals surface area contributed by atoms with Crippen LogP contribution in [0.15, 0.2) is 78.4 Å². The molecule has 3 rings (SSSR count). The largest absolute Gasteiger partial charge is 0.0984 e. The van der Waals surface area contributed by atoms with Gasteiger partial charge in [0, 0.05) is 5.41 Å². The minimum absolute atomic E-state index is 0.0424. The smallest absolute Gasteiger partial charge is 0.0159 e. The molecule has 0 unspecified atom stereocenters. The molecule has 0 heterocycles. The maximum absolute atomic E-state index is 4.11. The van der Waals surface area contributed by atoms with E-state index in [-0.39, 0.29) is 5.41 Å². The molecule has 1 aliphatic rings. The topological polar surface area (TPSA) is 0 Å². The van der Waals surface area contributed by atoms with Crippen molar-refractivity contribution in [1.29, 1.82) is 0 Å². The molecule has 0 radical (unpaired) electrons. The Hall–Kier alpha value is -2.86. The maximum atomic E-state index is 4.11. The molecule has 0 bridgehead atoms. The van der Waals surface area contributed by atoms with Gasteiger partial charge in [0.05, 0.1) is 0 Å². The molecule has 0 aromatic heterocycles. The number of hydrogen-bond donors (Lipinski definition) is 0. The van der Waals surface area contributed by atoms with Gasteiger partial charge in [0.25, 0.3) is 0 Å². The van der Waals surface area contributed by atoms with Crippen molar-refractivity contribution < 1.29 is 0 Å². The summed E-state index contributed by atoms with van der Waals surface area (Å²) >= 11 is 0. The SMILES string of the molecule is C=Cc1c(/C=C\C)ccc2c3c(ccc12)C(C)(C)C(=C/C=C/CC)/C3=C/C=C(C)C. The lowest BCUT2D eigenvalue weighted by Crippen LogP contribution is -2.15. The van der Waals surface area contributed by atoms with Crippen molar-refractivity contribution in [2.24, 2.45) is 0 Å². The fourth-order valence-electron chi connectivity index (χ4n) is 4.45. The first-order chi connectivity index (χ1) is 14.4. The normalized spacial score (nSPS) is 18.1. The molecule has 0 atom stereocenters. The summed E-state index contributed by atoms with van der Waals surface area (Å²) in [5, 5.41) is 2.57. The maximum Gasteiger partial charge on any atom is 0.0159 e. The van der Waals surface area contributed by atoms with Crippen molar-refractivity contribution in [1.82, 2.24) is 0 Å². The Bertz CT molecular complexity index is 1120. The molecule has 1 aliphatic carbocycles. The van der Waals surface area contributed by atoms with Crippen molar-refractivity contribution in [2.45, 2.75) is 53.4 Å². The molecule has 0 fully saturated rings. The molecule has 0 saturated heterocycles. The summed E-state index contributed by atoms with van der Waals surface area (Å²) < 4.78 is 0. The van der Waals surface area contributed by atoms with Crippen LogP contribution in [-0.2, 0) is 5.41 Å². The lowest BCUT2D eigenvalue weighted by atomic mass is 9.81. The van der Waals surface area contributed by atoms with E-state index in [1.807, 2.05) is 6.08 Å². The van der Waals surface area contributed by atoms with Crippen molar-refractivity contribution in [3.8, 4) is 0 Å². The van der Waals surface area contributed by atoms with Crippen LogP contribution >= 0.6 is 0 Å². The van der Waals surface area contributed by atoms with E-state index in [1.165, 1.54) is 49.7 Å². The predicted molar refractivity (Wildman–Crippen MR) is 137 cm³/mol. The first-order valence-electron chi connectivity index (χ1n) is 10.9. The highest BCUT2D eigenvalue weighted by atomic mass is 14.4. The molecule has 0 heteroatoms. The van der Waals surface area contributed by atoms with Crippen LogP contribution in [0.2, 0.25) is 0 Å². The summed E-state index contributed by atoms with van der Waals surface area (Å²) in [5.41, 5.74) is 9.15. The number of rotatable bonds is 5. The molecule has 2 aromatic rings. The van der Waals surface area contributed by atoms with E-state index < -0.39 is 0 Å². The van der Waals surface area contributed by atoms with E-state index in [9.17, 15) is 0 Å². The molecule has 0 saturated carbocycles. The van der Waals surface area contributed by atoms with Gasteiger partial charge in [-0.25, -0.2) is 0 Å². The number of benzene rings is 2. The Labute approximate surface area is 182 Å². The van der Waals surface area contributed by atoms with Crippen LogP contribution in [0.5, 0.6) is 0 Å². The second-order valence-electron chi connectivity index (χ2n) is 8.72. The van der Waals surface area contributed by atoms with Crippen molar-refractivity contribution in [2.75, 3.05) is 0 Å². The van der Waals surface area contributed by atoms with Gasteiger partial charge in [-0.15, -0.1) is 0 Å². The molecular weight excluding hydrogens is 360 g/mol. The lowest BCUT2D eigenvalue weighted by Gasteiger charge is -2.22. The highest BCUT2D eigenvalue weighted by Gasteiger charge is 2.38. The highest BCUT2D eigenvalue weighted by molar-refractivity contribution is 6.07. The summed E-state index contributed by atoms with van der Waals surface area (Å²) in [7, 11) is 0. The average molecular weight is 395 g/mol. The van der Waals surface area contributed by atoms with Gasteiger partial charge in [0.1, 0.15) is 0 Å². The molecule has 0 nitrogen and oxygen atoms in total.